The SMILES string of the molecule is CC(O)c1ccccc1Sc1ncccn1. The molecule has 0 spiro atoms. The quantitative estimate of drug-likeness (QED) is 0.826. The monoisotopic (exact) mass is 232 g/mol. The smallest absolute Gasteiger partial charge is 0.192 e. The molecule has 2 aromatic rings. The molecule has 1 heterocycles. The highest BCUT2D eigenvalue weighted by molar-refractivity contribution is 7.99. The van der Waals surface area contributed by atoms with Crippen molar-refractivity contribution in [3.63, 3.8) is 0 Å². The first-order valence-corrected chi connectivity index (χ1v) is 5.81. The van der Waals surface area contributed by atoms with Crippen molar-refractivity contribution < 1.29 is 5.11 Å². The molecule has 1 atom stereocenters. The fourth-order valence-electron chi connectivity index (χ4n) is 1.36. The van der Waals surface area contributed by atoms with Crippen molar-refractivity contribution in [1.29, 1.82) is 0 Å². The van der Waals surface area contributed by atoms with Gasteiger partial charge < -0.3 is 5.11 Å². The summed E-state index contributed by atoms with van der Waals surface area (Å²) in [6, 6.07) is 9.51. The van der Waals surface area contributed by atoms with Crippen molar-refractivity contribution in [3.8, 4) is 0 Å². The molecule has 1 unspecified atom stereocenters. The van der Waals surface area contributed by atoms with E-state index in [-0.39, 0.29) is 0 Å². The van der Waals surface area contributed by atoms with E-state index in [2.05, 4.69) is 9.97 Å². The van der Waals surface area contributed by atoms with E-state index < -0.39 is 6.10 Å². The van der Waals surface area contributed by atoms with Crippen LogP contribution in [-0.4, -0.2) is 15.1 Å². The first-order valence-electron chi connectivity index (χ1n) is 4.99. The molecule has 1 aromatic heterocycles. The van der Waals surface area contributed by atoms with E-state index in [9.17, 15) is 5.11 Å². The topological polar surface area (TPSA) is 46.0 Å². The van der Waals surface area contributed by atoms with Crippen molar-refractivity contribution in [2.45, 2.75) is 23.1 Å². The van der Waals surface area contributed by atoms with Crippen molar-refractivity contribution in [2.24, 2.45) is 0 Å². The fraction of sp³-hybridized carbons (Fsp3) is 0.167. The number of rotatable bonds is 3. The molecular formula is C12H12N2OS. The summed E-state index contributed by atoms with van der Waals surface area (Å²) in [7, 11) is 0. The zero-order valence-corrected chi connectivity index (χ0v) is 9.69. The van der Waals surface area contributed by atoms with Crippen LogP contribution >= 0.6 is 11.8 Å². The van der Waals surface area contributed by atoms with E-state index in [4.69, 9.17) is 0 Å². The number of aromatic nitrogens is 2. The molecule has 0 saturated heterocycles. The maximum Gasteiger partial charge on any atom is 0.192 e. The molecule has 0 bridgehead atoms. The summed E-state index contributed by atoms with van der Waals surface area (Å²) in [5.74, 6) is 0. The molecule has 0 aliphatic carbocycles. The van der Waals surface area contributed by atoms with Gasteiger partial charge in [-0.15, -0.1) is 0 Å². The summed E-state index contributed by atoms with van der Waals surface area (Å²) in [5, 5.41) is 10.3. The van der Waals surface area contributed by atoms with Gasteiger partial charge in [-0.05, 0) is 36.4 Å². The Labute approximate surface area is 98.6 Å². The van der Waals surface area contributed by atoms with Gasteiger partial charge in [-0.1, -0.05) is 18.2 Å². The molecule has 82 valence electrons. The van der Waals surface area contributed by atoms with Gasteiger partial charge in [-0.3, -0.25) is 0 Å². The summed E-state index contributed by atoms with van der Waals surface area (Å²) in [6.07, 6.45) is 2.94. The third-order valence-corrected chi connectivity index (χ3v) is 3.10. The first kappa shape index (κ1) is 11.1. The Morgan fingerprint density at radius 3 is 2.50 bits per heavy atom. The van der Waals surface area contributed by atoms with E-state index in [0.717, 1.165) is 10.5 Å². The van der Waals surface area contributed by atoms with Crippen molar-refractivity contribution in [1.82, 2.24) is 9.97 Å². The third kappa shape index (κ3) is 2.59. The van der Waals surface area contributed by atoms with Gasteiger partial charge in [0.25, 0.3) is 0 Å². The van der Waals surface area contributed by atoms with Gasteiger partial charge in [-0.25, -0.2) is 9.97 Å². The molecule has 0 radical (unpaired) electrons. The zero-order chi connectivity index (χ0) is 11.4. The normalized spacial score (nSPS) is 12.4. The second kappa shape index (κ2) is 5.09. The molecule has 16 heavy (non-hydrogen) atoms. The lowest BCUT2D eigenvalue weighted by Gasteiger charge is -2.09. The van der Waals surface area contributed by atoms with Crippen molar-refractivity contribution in [3.05, 3.63) is 48.3 Å². The van der Waals surface area contributed by atoms with E-state index in [0.29, 0.717) is 5.16 Å². The predicted octanol–water partition coefficient (Wildman–Crippen LogP) is 2.68. The molecule has 0 aliphatic heterocycles. The molecule has 3 nitrogen and oxygen atoms in total. The van der Waals surface area contributed by atoms with Gasteiger partial charge in [0, 0.05) is 17.3 Å². The minimum Gasteiger partial charge on any atom is -0.389 e. The number of hydrogen-bond acceptors (Lipinski definition) is 4. The standard InChI is InChI=1S/C12H12N2OS/c1-9(15)10-5-2-3-6-11(10)16-12-13-7-4-8-14-12/h2-9,15H,1H3. The summed E-state index contributed by atoms with van der Waals surface area (Å²) in [5.41, 5.74) is 0.903. The lowest BCUT2D eigenvalue weighted by molar-refractivity contribution is 0.196. The Bertz CT molecular complexity index is 460. The number of hydrogen-bond donors (Lipinski definition) is 1. The average molecular weight is 232 g/mol. The summed E-state index contributed by atoms with van der Waals surface area (Å²) >= 11 is 1.46. The Morgan fingerprint density at radius 2 is 1.81 bits per heavy atom. The lowest BCUT2D eigenvalue weighted by atomic mass is 10.1. The Morgan fingerprint density at radius 1 is 1.12 bits per heavy atom. The zero-order valence-electron chi connectivity index (χ0n) is 8.87. The highest BCUT2D eigenvalue weighted by atomic mass is 32.2. The van der Waals surface area contributed by atoms with Crippen molar-refractivity contribution in [2.75, 3.05) is 0 Å². The number of aliphatic hydroxyl groups is 1. The van der Waals surface area contributed by atoms with Gasteiger partial charge >= 0.3 is 0 Å². The van der Waals surface area contributed by atoms with Crippen LogP contribution in [0.2, 0.25) is 0 Å². The molecule has 0 aliphatic rings. The van der Waals surface area contributed by atoms with Crippen molar-refractivity contribution >= 4 is 11.8 Å². The Hall–Kier alpha value is -1.39. The molecule has 0 fully saturated rings. The summed E-state index contributed by atoms with van der Waals surface area (Å²) in [6.45, 7) is 1.76. The lowest BCUT2D eigenvalue weighted by Crippen LogP contribution is -1.94. The van der Waals surface area contributed by atoms with Crippen LogP contribution in [0.25, 0.3) is 0 Å². The van der Waals surface area contributed by atoms with Crippen LogP contribution in [0.3, 0.4) is 0 Å². The van der Waals surface area contributed by atoms with Gasteiger partial charge in [0.2, 0.25) is 0 Å². The summed E-state index contributed by atoms with van der Waals surface area (Å²) in [4.78, 5) is 9.28. The maximum absolute atomic E-state index is 9.63. The van der Waals surface area contributed by atoms with Gasteiger partial charge in [0.05, 0.1) is 6.10 Å². The number of benzene rings is 1. The largest absolute Gasteiger partial charge is 0.389 e. The van der Waals surface area contributed by atoms with Crippen LogP contribution in [0, 0.1) is 0 Å². The van der Waals surface area contributed by atoms with E-state index >= 15 is 0 Å². The minimum absolute atomic E-state index is 0.479. The fourth-order valence-corrected chi connectivity index (χ4v) is 2.28. The van der Waals surface area contributed by atoms with Crippen LogP contribution in [-0.2, 0) is 0 Å². The molecular weight excluding hydrogens is 220 g/mol. The molecule has 0 amide bonds. The molecule has 1 N–H and O–H groups in total. The minimum atomic E-state index is -0.479. The average Bonchev–Trinajstić information content (AvgIpc) is 2.31. The second-order valence-corrected chi connectivity index (χ2v) is 4.36. The van der Waals surface area contributed by atoms with Gasteiger partial charge in [0.1, 0.15) is 0 Å². The Kier molecular flexibility index (Phi) is 3.54. The predicted molar refractivity (Wildman–Crippen MR) is 63.2 cm³/mol. The van der Waals surface area contributed by atoms with Crippen LogP contribution in [0.4, 0.5) is 0 Å². The van der Waals surface area contributed by atoms with Crippen LogP contribution in [0.5, 0.6) is 0 Å². The van der Waals surface area contributed by atoms with Crippen LogP contribution in [0.15, 0.2) is 52.8 Å². The first-order chi connectivity index (χ1) is 7.77. The highest BCUT2D eigenvalue weighted by Gasteiger charge is 2.09. The Balaban J connectivity index is 2.28. The molecule has 2 rings (SSSR count). The van der Waals surface area contributed by atoms with Crippen LogP contribution in [0.1, 0.15) is 18.6 Å². The molecule has 0 saturated carbocycles. The third-order valence-electron chi connectivity index (χ3n) is 2.11. The van der Waals surface area contributed by atoms with Gasteiger partial charge in [-0.2, -0.15) is 0 Å². The van der Waals surface area contributed by atoms with E-state index in [1.165, 1.54) is 11.8 Å². The van der Waals surface area contributed by atoms with E-state index in [1.807, 2.05) is 24.3 Å². The number of aliphatic hydroxyl groups excluding tert-OH is 1. The summed E-state index contributed by atoms with van der Waals surface area (Å²) < 4.78 is 0. The van der Waals surface area contributed by atoms with Gasteiger partial charge in [0.15, 0.2) is 5.16 Å². The highest BCUT2D eigenvalue weighted by Crippen LogP contribution is 2.30. The number of nitrogens with zero attached hydrogens (tertiary/aromatic N) is 2. The second-order valence-electron chi connectivity index (χ2n) is 3.35. The molecule has 1 aromatic carbocycles. The van der Waals surface area contributed by atoms with Crippen LogP contribution < -0.4 is 0 Å². The molecule has 4 heteroatoms. The maximum atomic E-state index is 9.63. The van der Waals surface area contributed by atoms with E-state index in [1.54, 1.807) is 25.4 Å².